The van der Waals surface area contributed by atoms with E-state index in [-0.39, 0.29) is 0 Å². The zero-order valence-electron chi connectivity index (χ0n) is 7.85. The molecule has 70 valence electrons. The average Bonchev–Trinajstić information content (AvgIpc) is 2.11. The van der Waals surface area contributed by atoms with E-state index in [1.54, 1.807) is 0 Å². The maximum absolute atomic E-state index is 5.51. The van der Waals surface area contributed by atoms with E-state index in [0.717, 1.165) is 30.5 Å². The number of rotatable bonds is 6. The lowest BCUT2D eigenvalue weighted by atomic mass is 10.3. The smallest absolute Gasteiger partial charge is 0.0956 e. The molecule has 0 aromatic heterocycles. The maximum atomic E-state index is 5.51. The summed E-state index contributed by atoms with van der Waals surface area (Å²) in [6, 6.07) is 0. The Morgan fingerprint density at radius 3 is 2.75 bits per heavy atom. The van der Waals surface area contributed by atoms with Gasteiger partial charge >= 0.3 is 0 Å². The first kappa shape index (κ1) is 11.8. The third-order valence-electron chi connectivity index (χ3n) is 1.39. The van der Waals surface area contributed by atoms with Crippen LogP contribution in [0.25, 0.3) is 0 Å². The third kappa shape index (κ3) is 6.47. The molecular weight excluding hydrogens is 216 g/mol. The minimum Gasteiger partial charge on any atom is -0.498 e. The van der Waals surface area contributed by atoms with E-state index in [1.165, 1.54) is 0 Å². The first-order valence-electron chi connectivity index (χ1n) is 4.35. The van der Waals surface area contributed by atoms with Crippen LogP contribution in [0.2, 0.25) is 0 Å². The van der Waals surface area contributed by atoms with Crippen LogP contribution >= 0.6 is 15.9 Å². The highest BCUT2D eigenvalue weighted by Crippen LogP contribution is 2.04. The monoisotopic (exact) mass is 232 g/mol. The van der Waals surface area contributed by atoms with E-state index >= 15 is 0 Å². The molecule has 0 amide bonds. The summed E-state index contributed by atoms with van der Waals surface area (Å²) in [5, 5.41) is 1.01. The largest absolute Gasteiger partial charge is 0.498 e. The highest BCUT2D eigenvalue weighted by atomic mass is 79.9. The van der Waals surface area contributed by atoms with Crippen LogP contribution in [-0.4, -0.2) is 11.9 Å². The van der Waals surface area contributed by atoms with E-state index in [2.05, 4.69) is 22.9 Å². The molecule has 0 fully saturated rings. The van der Waals surface area contributed by atoms with Gasteiger partial charge in [0.1, 0.15) is 0 Å². The lowest BCUT2D eigenvalue weighted by molar-refractivity contribution is 0.206. The van der Waals surface area contributed by atoms with Gasteiger partial charge in [0, 0.05) is 11.8 Å². The van der Waals surface area contributed by atoms with Crippen LogP contribution in [0.5, 0.6) is 0 Å². The van der Waals surface area contributed by atoms with Gasteiger partial charge in [0.2, 0.25) is 0 Å². The number of alkyl halides is 1. The van der Waals surface area contributed by atoms with E-state index < -0.39 is 0 Å². The normalized spacial score (nSPS) is 12.4. The molecule has 0 aromatic carbocycles. The van der Waals surface area contributed by atoms with E-state index in [0.29, 0.717) is 0 Å². The zero-order chi connectivity index (χ0) is 9.23. The lowest BCUT2D eigenvalue weighted by Gasteiger charge is -2.06. The van der Waals surface area contributed by atoms with Crippen LogP contribution in [0.3, 0.4) is 0 Å². The first-order chi connectivity index (χ1) is 5.85. The Morgan fingerprint density at radius 1 is 1.50 bits per heavy atom. The molecule has 0 spiro atoms. The zero-order valence-corrected chi connectivity index (χ0v) is 9.43. The molecule has 0 aromatic rings. The quantitative estimate of drug-likeness (QED) is 0.294. The van der Waals surface area contributed by atoms with Gasteiger partial charge in [-0.3, -0.25) is 0 Å². The van der Waals surface area contributed by atoms with Crippen LogP contribution in [0.1, 0.15) is 26.7 Å². The molecule has 0 aliphatic carbocycles. The third-order valence-corrected chi connectivity index (χ3v) is 1.95. The highest BCUT2D eigenvalue weighted by Gasteiger charge is 1.91. The van der Waals surface area contributed by atoms with Crippen molar-refractivity contribution in [2.75, 3.05) is 11.9 Å². The fraction of sp³-hybridized carbons (Fsp3) is 0.600. The highest BCUT2D eigenvalue weighted by molar-refractivity contribution is 9.09. The Morgan fingerprint density at radius 2 is 2.25 bits per heavy atom. The molecule has 1 nitrogen and oxygen atoms in total. The molecule has 0 saturated carbocycles. The van der Waals surface area contributed by atoms with Gasteiger partial charge in [0.05, 0.1) is 12.4 Å². The molecule has 12 heavy (non-hydrogen) atoms. The Bertz CT molecular complexity index is 150. The van der Waals surface area contributed by atoms with Crippen LogP contribution in [0.4, 0.5) is 0 Å². The summed E-state index contributed by atoms with van der Waals surface area (Å²) in [4.78, 5) is 0. The van der Waals surface area contributed by atoms with Crippen molar-refractivity contribution in [3.8, 4) is 0 Å². The average molecular weight is 233 g/mol. The molecule has 0 atom stereocenters. The maximum Gasteiger partial charge on any atom is 0.0956 e. The van der Waals surface area contributed by atoms with Gasteiger partial charge in [-0.25, -0.2) is 0 Å². The summed E-state index contributed by atoms with van der Waals surface area (Å²) < 4.78 is 5.51. The summed E-state index contributed by atoms with van der Waals surface area (Å²) in [6.07, 6.45) is 8.06. The summed E-state index contributed by atoms with van der Waals surface area (Å²) in [5.41, 5.74) is 0. The van der Waals surface area contributed by atoms with Gasteiger partial charge in [-0.1, -0.05) is 35.0 Å². The van der Waals surface area contributed by atoms with Crippen LogP contribution in [0.15, 0.2) is 24.0 Å². The molecule has 0 unspecified atom stereocenters. The molecule has 0 heterocycles. The Balaban J connectivity index is 3.66. The molecular formula is C10H17BrO. The summed E-state index contributed by atoms with van der Waals surface area (Å²) in [6.45, 7) is 4.91. The van der Waals surface area contributed by atoms with Crippen molar-refractivity contribution < 1.29 is 4.74 Å². The van der Waals surface area contributed by atoms with Gasteiger partial charge in [-0.2, -0.15) is 0 Å². The van der Waals surface area contributed by atoms with E-state index in [1.807, 2.05) is 25.2 Å². The Kier molecular flexibility index (Phi) is 8.68. The number of halogens is 1. The van der Waals surface area contributed by atoms with Gasteiger partial charge in [-0.05, 0) is 19.4 Å². The Labute approximate surface area is 83.6 Å². The number of ether oxygens (including phenoxy) is 1. The first-order valence-corrected chi connectivity index (χ1v) is 5.47. The second-order valence-corrected chi connectivity index (χ2v) is 3.20. The molecule has 0 N–H and O–H groups in total. The molecule has 2 heteroatoms. The molecule has 0 rings (SSSR count). The predicted molar refractivity (Wildman–Crippen MR) is 57.6 cm³/mol. The number of hydrogen-bond donors (Lipinski definition) is 0. The second kappa shape index (κ2) is 8.85. The minimum absolute atomic E-state index is 0.808. The summed E-state index contributed by atoms with van der Waals surface area (Å²) >= 11 is 3.36. The van der Waals surface area contributed by atoms with Gasteiger partial charge in [-0.15, -0.1) is 0 Å². The van der Waals surface area contributed by atoms with Crippen molar-refractivity contribution in [1.29, 1.82) is 0 Å². The van der Waals surface area contributed by atoms with Gasteiger partial charge in [0.25, 0.3) is 0 Å². The summed E-state index contributed by atoms with van der Waals surface area (Å²) in [5.74, 6) is 1.06. The van der Waals surface area contributed by atoms with E-state index in [9.17, 15) is 0 Å². The van der Waals surface area contributed by atoms with Crippen molar-refractivity contribution in [2.45, 2.75) is 26.7 Å². The van der Waals surface area contributed by atoms with Crippen molar-refractivity contribution >= 4 is 15.9 Å². The van der Waals surface area contributed by atoms with Crippen LogP contribution in [-0.2, 0) is 4.74 Å². The van der Waals surface area contributed by atoms with E-state index in [4.69, 9.17) is 4.74 Å². The van der Waals surface area contributed by atoms with Gasteiger partial charge < -0.3 is 4.74 Å². The molecule has 0 saturated heterocycles. The second-order valence-electron chi connectivity index (χ2n) is 2.40. The molecule has 0 aliphatic heterocycles. The number of hydrogen-bond acceptors (Lipinski definition) is 1. The standard InChI is InChI=1S/C10H17BrO/c1-3-5-7-10(4-2)12-9-6-8-11/h3,5,7H,4,6,8-9H2,1-2H3/b5-3-,10-7+. The fourth-order valence-corrected chi connectivity index (χ4v) is 0.958. The molecule has 0 bridgehead atoms. The molecule has 0 aliphatic rings. The van der Waals surface area contributed by atoms with Crippen molar-refractivity contribution in [3.05, 3.63) is 24.0 Å². The van der Waals surface area contributed by atoms with Gasteiger partial charge in [0.15, 0.2) is 0 Å². The SMILES string of the molecule is C/C=C\C=C(/CC)OCCCBr. The number of allylic oxidation sites excluding steroid dienone is 4. The predicted octanol–water partition coefficient (Wildman–Crippen LogP) is 3.66. The van der Waals surface area contributed by atoms with Crippen LogP contribution < -0.4 is 0 Å². The minimum atomic E-state index is 0.808. The van der Waals surface area contributed by atoms with Crippen molar-refractivity contribution in [2.24, 2.45) is 0 Å². The summed E-state index contributed by atoms with van der Waals surface area (Å²) in [7, 11) is 0. The lowest BCUT2D eigenvalue weighted by Crippen LogP contribution is -1.94. The fourth-order valence-electron chi connectivity index (χ4n) is 0.729. The Hall–Kier alpha value is -0.240. The molecule has 0 radical (unpaired) electrons. The van der Waals surface area contributed by atoms with Crippen molar-refractivity contribution in [1.82, 2.24) is 0 Å². The topological polar surface area (TPSA) is 9.23 Å². The van der Waals surface area contributed by atoms with Crippen LogP contribution in [0, 0.1) is 0 Å². The van der Waals surface area contributed by atoms with Crippen molar-refractivity contribution in [3.63, 3.8) is 0 Å².